The van der Waals surface area contributed by atoms with Gasteiger partial charge in [0.25, 0.3) is 0 Å². The maximum absolute atomic E-state index is 5.90. The summed E-state index contributed by atoms with van der Waals surface area (Å²) in [5.74, 6) is 0.850. The zero-order valence-corrected chi connectivity index (χ0v) is 10.5. The molecule has 2 nitrogen and oxygen atoms in total. The summed E-state index contributed by atoms with van der Waals surface area (Å²) in [5, 5.41) is 4.70. The quantitative estimate of drug-likeness (QED) is 0.485. The molecule has 0 bridgehead atoms. The van der Waals surface area contributed by atoms with Crippen molar-refractivity contribution in [1.82, 2.24) is 0 Å². The SMILES string of the molecule is COc1ccc2oc3ccc4ccccc4c3c2c1. The summed E-state index contributed by atoms with van der Waals surface area (Å²) >= 11 is 0. The van der Waals surface area contributed by atoms with Crippen molar-refractivity contribution in [2.24, 2.45) is 0 Å². The van der Waals surface area contributed by atoms with Crippen molar-refractivity contribution >= 4 is 32.7 Å². The molecule has 0 radical (unpaired) electrons. The summed E-state index contributed by atoms with van der Waals surface area (Å²) in [7, 11) is 1.68. The molecule has 0 amide bonds. The van der Waals surface area contributed by atoms with Crippen LogP contribution in [0.15, 0.2) is 59.0 Å². The molecular weight excluding hydrogens is 236 g/mol. The van der Waals surface area contributed by atoms with Crippen LogP contribution in [0.5, 0.6) is 5.75 Å². The van der Waals surface area contributed by atoms with Gasteiger partial charge in [-0.2, -0.15) is 0 Å². The topological polar surface area (TPSA) is 22.4 Å². The highest BCUT2D eigenvalue weighted by molar-refractivity contribution is 6.18. The van der Waals surface area contributed by atoms with Crippen LogP contribution in [0.4, 0.5) is 0 Å². The predicted molar refractivity (Wildman–Crippen MR) is 77.8 cm³/mol. The number of benzene rings is 3. The normalized spacial score (nSPS) is 11.4. The highest BCUT2D eigenvalue weighted by Crippen LogP contribution is 2.35. The Morgan fingerprint density at radius 3 is 2.58 bits per heavy atom. The van der Waals surface area contributed by atoms with E-state index in [4.69, 9.17) is 9.15 Å². The molecule has 0 aliphatic rings. The first-order valence-corrected chi connectivity index (χ1v) is 6.25. The fourth-order valence-corrected chi connectivity index (χ4v) is 2.65. The van der Waals surface area contributed by atoms with Gasteiger partial charge in [0.15, 0.2) is 0 Å². The van der Waals surface area contributed by atoms with E-state index in [9.17, 15) is 0 Å². The highest BCUT2D eigenvalue weighted by Gasteiger charge is 2.10. The van der Waals surface area contributed by atoms with Crippen LogP contribution < -0.4 is 4.74 Å². The lowest BCUT2D eigenvalue weighted by atomic mass is 10.0. The molecule has 1 aromatic heterocycles. The van der Waals surface area contributed by atoms with Crippen molar-refractivity contribution in [2.75, 3.05) is 7.11 Å². The van der Waals surface area contributed by atoms with E-state index in [2.05, 4.69) is 30.3 Å². The van der Waals surface area contributed by atoms with Crippen LogP contribution in [-0.2, 0) is 0 Å². The summed E-state index contributed by atoms with van der Waals surface area (Å²) in [6, 6.07) is 18.4. The number of ether oxygens (including phenoxy) is 1. The molecular formula is C17H12O2. The van der Waals surface area contributed by atoms with E-state index in [0.29, 0.717) is 0 Å². The predicted octanol–water partition coefficient (Wildman–Crippen LogP) is 4.75. The van der Waals surface area contributed by atoms with E-state index in [1.807, 2.05) is 24.3 Å². The number of methoxy groups -OCH3 is 1. The van der Waals surface area contributed by atoms with Gasteiger partial charge in [0.05, 0.1) is 7.11 Å². The number of hydrogen-bond acceptors (Lipinski definition) is 2. The fraction of sp³-hybridized carbons (Fsp3) is 0.0588. The lowest BCUT2D eigenvalue weighted by molar-refractivity contribution is 0.415. The molecule has 0 saturated carbocycles. The minimum absolute atomic E-state index is 0.850. The Kier molecular flexibility index (Phi) is 2.06. The van der Waals surface area contributed by atoms with Gasteiger partial charge in [0.1, 0.15) is 16.9 Å². The first-order valence-electron chi connectivity index (χ1n) is 6.25. The smallest absolute Gasteiger partial charge is 0.136 e. The molecule has 0 unspecified atom stereocenters. The van der Waals surface area contributed by atoms with Crippen LogP contribution in [0.25, 0.3) is 32.7 Å². The summed E-state index contributed by atoms with van der Waals surface area (Å²) in [5.41, 5.74) is 1.81. The lowest BCUT2D eigenvalue weighted by Crippen LogP contribution is -1.80. The van der Waals surface area contributed by atoms with Crippen LogP contribution in [0.3, 0.4) is 0 Å². The number of fused-ring (bicyclic) bond motifs is 5. The van der Waals surface area contributed by atoms with Gasteiger partial charge in [0.2, 0.25) is 0 Å². The molecule has 0 spiro atoms. The Balaban J connectivity index is 2.27. The van der Waals surface area contributed by atoms with E-state index in [1.54, 1.807) is 7.11 Å². The molecule has 1 heterocycles. The van der Waals surface area contributed by atoms with E-state index in [1.165, 1.54) is 10.8 Å². The average molecular weight is 248 g/mol. The molecule has 0 N–H and O–H groups in total. The van der Waals surface area contributed by atoms with Gasteiger partial charge in [0, 0.05) is 10.8 Å². The molecule has 0 aliphatic carbocycles. The van der Waals surface area contributed by atoms with Crippen molar-refractivity contribution in [2.45, 2.75) is 0 Å². The Bertz CT molecular complexity index is 903. The first-order chi connectivity index (χ1) is 9.36. The van der Waals surface area contributed by atoms with Gasteiger partial charge in [-0.15, -0.1) is 0 Å². The third kappa shape index (κ3) is 1.43. The third-order valence-corrected chi connectivity index (χ3v) is 3.57. The Morgan fingerprint density at radius 2 is 1.68 bits per heavy atom. The Morgan fingerprint density at radius 1 is 0.842 bits per heavy atom. The summed E-state index contributed by atoms with van der Waals surface area (Å²) in [6.07, 6.45) is 0. The van der Waals surface area contributed by atoms with E-state index in [-0.39, 0.29) is 0 Å². The van der Waals surface area contributed by atoms with Crippen LogP contribution in [-0.4, -0.2) is 7.11 Å². The second-order valence-corrected chi connectivity index (χ2v) is 4.62. The van der Waals surface area contributed by atoms with Gasteiger partial charge in [-0.25, -0.2) is 0 Å². The maximum atomic E-state index is 5.90. The second-order valence-electron chi connectivity index (χ2n) is 4.62. The van der Waals surface area contributed by atoms with Crippen molar-refractivity contribution in [3.63, 3.8) is 0 Å². The molecule has 2 heteroatoms. The number of rotatable bonds is 1. The molecule has 0 saturated heterocycles. The summed E-state index contributed by atoms with van der Waals surface area (Å²) in [6.45, 7) is 0. The molecule has 19 heavy (non-hydrogen) atoms. The highest BCUT2D eigenvalue weighted by atomic mass is 16.5. The zero-order chi connectivity index (χ0) is 12.8. The van der Waals surface area contributed by atoms with Gasteiger partial charge in [-0.1, -0.05) is 30.3 Å². The van der Waals surface area contributed by atoms with Crippen molar-refractivity contribution in [3.8, 4) is 5.75 Å². The molecule has 0 fully saturated rings. The minimum atomic E-state index is 0.850. The van der Waals surface area contributed by atoms with E-state index < -0.39 is 0 Å². The van der Waals surface area contributed by atoms with Crippen LogP contribution in [0.1, 0.15) is 0 Å². The van der Waals surface area contributed by atoms with Gasteiger partial charge in [-0.05, 0) is 35.0 Å². The number of hydrogen-bond donors (Lipinski definition) is 0. The summed E-state index contributed by atoms with van der Waals surface area (Å²) < 4.78 is 11.2. The lowest BCUT2D eigenvalue weighted by Gasteiger charge is -2.00. The monoisotopic (exact) mass is 248 g/mol. The maximum Gasteiger partial charge on any atom is 0.136 e. The van der Waals surface area contributed by atoms with Gasteiger partial charge in [-0.3, -0.25) is 0 Å². The van der Waals surface area contributed by atoms with Crippen molar-refractivity contribution in [3.05, 3.63) is 54.6 Å². The van der Waals surface area contributed by atoms with Crippen molar-refractivity contribution < 1.29 is 9.15 Å². The van der Waals surface area contributed by atoms with Crippen molar-refractivity contribution in [1.29, 1.82) is 0 Å². The van der Waals surface area contributed by atoms with E-state index >= 15 is 0 Å². The van der Waals surface area contributed by atoms with Gasteiger partial charge >= 0.3 is 0 Å². The first kappa shape index (κ1) is 10.4. The molecule has 0 aliphatic heterocycles. The molecule has 4 aromatic rings. The summed E-state index contributed by atoms with van der Waals surface area (Å²) in [4.78, 5) is 0. The van der Waals surface area contributed by atoms with Gasteiger partial charge < -0.3 is 9.15 Å². The second kappa shape index (κ2) is 3.75. The molecule has 0 atom stereocenters. The Labute approximate surface area is 110 Å². The third-order valence-electron chi connectivity index (χ3n) is 3.57. The zero-order valence-electron chi connectivity index (χ0n) is 10.5. The van der Waals surface area contributed by atoms with Crippen LogP contribution in [0.2, 0.25) is 0 Å². The largest absolute Gasteiger partial charge is 0.497 e. The van der Waals surface area contributed by atoms with Crippen LogP contribution >= 0.6 is 0 Å². The fourth-order valence-electron chi connectivity index (χ4n) is 2.65. The average Bonchev–Trinajstić information content (AvgIpc) is 2.85. The standard InChI is InChI=1S/C17H12O2/c1-18-12-7-9-15-14(10-12)17-13-5-3-2-4-11(13)6-8-16(17)19-15/h2-10H,1H3. The molecule has 92 valence electrons. The molecule has 3 aromatic carbocycles. The van der Waals surface area contributed by atoms with E-state index in [0.717, 1.165) is 27.7 Å². The van der Waals surface area contributed by atoms with Crippen LogP contribution in [0, 0.1) is 0 Å². The Hall–Kier alpha value is -2.48. The molecule has 4 rings (SSSR count). The number of furan rings is 1. The minimum Gasteiger partial charge on any atom is -0.497 e.